The largest absolute Gasteiger partial charge is 0.349 e. The molecule has 78 valence electrons. The van der Waals surface area contributed by atoms with E-state index in [1.165, 1.54) is 6.20 Å². The van der Waals surface area contributed by atoms with E-state index < -0.39 is 0 Å². The molecule has 1 heterocycles. The molecule has 1 amide bonds. The number of rotatable bonds is 5. The molecule has 0 saturated heterocycles. The van der Waals surface area contributed by atoms with Crippen LogP contribution >= 0.6 is 0 Å². The maximum absolute atomic E-state index is 11.3. The quantitative estimate of drug-likeness (QED) is 0.557. The number of amides is 1. The molecule has 0 fully saturated rings. The summed E-state index contributed by atoms with van der Waals surface area (Å²) < 4.78 is 0. The second-order valence-corrected chi connectivity index (χ2v) is 3.22. The number of aromatic nitrogens is 3. The van der Waals surface area contributed by atoms with Crippen LogP contribution in [-0.4, -0.2) is 40.4 Å². The van der Waals surface area contributed by atoms with E-state index in [9.17, 15) is 4.79 Å². The Morgan fingerprint density at radius 2 is 2.36 bits per heavy atom. The number of hydrogen-bond acceptors (Lipinski definition) is 4. The minimum atomic E-state index is -0.204. The lowest BCUT2D eigenvalue weighted by atomic mass is 10.4. The normalized spacial score (nSPS) is 10.5. The molecule has 0 unspecified atom stereocenters. The minimum absolute atomic E-state index is 0.204. The minimum Gasteiger partial charge on any atom is -0.349 e. The van der Waals surface area contributed by atoms with Gasteiger partial charge < -0.3 is 10.6 Å². The average Bonchev–Trinajstić information content (AvgIpc) is 2.64. The maximum atomic E-state index is 11.3. The van der Waals surface area contributed by atoms with E-state index >= 15 is 0 Å². The van der Waals surface area contributed by atoms with Crippen molar-refractivity contribution >= 4 is 5.91 Å². The monoisotopic (exact) mass is 197 g/mol. The van der Waals surface area contributed by atoms with Gasteiger partial charge in [-0.2, -0.15) is 15.4 Å². The third kappa shape index (κ3) is 3.53. The topological polar surface area (TPSA) is 82.7 Å². The Kier molecular flexibility index (Phi) is 4.06. The zero-order chi connectivity index (χ0) is 10.4. The second-order valence-electron chi connectivity index (χ2n) is 3.22. The Labute approximate surface area is 82.5 Å². The van der Waals surface area contributed by atoms with Gasteiger partial charge in [0, 0.05) is 19.1 Å². The van der Waals surface area contributed by atoms with E-state index in [2.05, 4.69) is 39.9 Å². The van der Waals surface area contributed by atoms with Crippen LogP contribution < -0.4 is 10.6 Å². The molecule has 0 aliphatic heterocycles. The molecule has 0 atom stereocenters. The van der Waals surface area contributed by atoms with E-state index in [0.717, 1.165) is 6.54 Å². The van der Waals surface area contributed by atoms with E-state index in [1.54, 1.807) is 0 Å². The van der Waals surface area contributed by atoms with Crippen molar-refractivity contribution in [2.24, 2.45) is 0 Å². The van der Waals surface area contributed by atoms with Crippen molar-refractivity contribution in [3.63, 3.8) is 0 Å². The first-order valence-corrected chi connectivity index (χ1v) is 4.57. The molecule has 6 heteroatoms. The zero-order valence-corrected chi connectivity index (χ0v) is 8.37. The summed E-state index contributed by atoms with van der Waals surface area (Å²) in [6.07, 6.45) is 1.39. The fourth-order valence-electron chi connectivity index (χ4n) is 0.938. The summed E-state index contributed by atoms with van der Waals surface area (Å²) in [6.45, 7) is 5.45. The van der Waals surface area contributed by atoms with E-state index in [0.29, 0.717) is 18.3 Å². The molecular formula is C8H15N5O. The predicted octanol–water partition coefficient (Wildman–Crippen LogP) is -0.467. The number of aromatic amines is 1. The SMILES string of the molecule is CC(C)NCCNC(=O)c1cn[nH]n1. The Hall–Kier alpha value is -1.43. The summed E-state index contributed by atoms with van der Waals surface area (Å²) in [5, 5.41) is 15.5. The molecule has 0 aliphatic carbocycles. The molecule has 1 aromatic heterocycles. The lowest BCUT2D eigenvalue weighted by Crippen LogP contribution is -2.34. The van der Waals surface area contributed by atoms with Crippen LogP contribution in [0.5, 0.6) is 0 Å². The van der Waals surface area contributed by atoms with Crippen LogP contribution in [0.15, 0.2) is 6.20 Å². The molecule has 0 aromatic carbocycles. The first kappa shape index (κ1) is 10.6. The van der Waals surface area contributed by atoms with Gasteiger partial charge >= 0.3 is 0 Å². The summed E-state index contributed by atoms with van der Waals surface area (Å²) in [5.41, 5.74) is 0.314. The predicted molar refractivity (Wildman–Crippen MR) is 51.9 cm³/mol. The number of H-pyrrole nitrogens is 1. The Balaban J connectivity index is 2.16. The van der Waals surface area contributed by atoms with E-state index in [-0.39, 0.29) is 5.91 Å². The molecule has 0 spiro atoms. The summed E-state index contributed by atoms with van der Waals surface area (Å²) in [4.78, 5) is 11.3. The first-order chi connectivity index (χ1) is 6.70. The molecular weight excluding hydrogens is 182 g/mol. The summed E-state index contributed by atoms with van der Waals surface area (Å²) in [6, 6.07) is 0.430. The third-order valence-electron chi connectivity index (χ3n) is 1.61. The number of hydrogen-bond donors (Lipinski definition) is 3. The third-order valence-corrected chi connectivity index (χ3v) is 1.61. The Morgan fingerprint density at radius 1 is 1.57 bits per heavy atom. The summed E-state index contributed by atoms with van der Waals surface area (Å²) >= 11 is 0. The van der Waals surface area contributed by atoms with Gasteiger partial charge in [0.25, 0.3) is 5.91 Å². The van der Waals surface area contributed by atoms with Crippen LogP contribution in [0.2, 0.25) is 0 Å². The van der Waals surface area contributed by atoms with Crippen molar-refractivity contribution < 1.29 is 4.79 Å². The van der Waals surface area contributed by atoms with Gasteiger partial charge in [-0.25, -0.2) is 0 Å². The van der Waals surface area contributed by atoms with E-state index in [1.807, 2.05) is 0 Å². The van der Waals surface area contributed by atoms with Gasteiger partial charge in [-0.1, -0.05) is 13.8 Å². The van der Waals surface area contributed by atoms with E-state index in [4.69, 9.17) is 0 Å². The van der Waals surface area contributed by atoms with Gasteiger partial charge in [0.1, 0.15) is 0 Å². The standard InChI is InChI=1S/C8H15N5O/c1-6(2)9-3-4-10-8(14)7-5-11-13-12-7/h5-6,9H,3-4H2,1-2H3,(H,10,14)(H,11,12,13). The van der Waals surface area contributed by atoms with Gasteiger partial charge in [-0.3, -0.25) is 4.79 Å². The highest BCUT2D eigenvalue weighted by atomic mass is 16.1. The van der Waals surface area contributed by atoms with Gasteiger partial charge in [0.2, 0.25) is 0 Å². The molecule has 0 bridgehead atoms. The fourth-order valence-corrected chi connectivity index (χ4v) is 0.938. The highest BCUT2D eigenvalue weighted by Crippen LogP contribution is 1.86. The lowest BCUT2D eigenvalue weighted by Gasteiger charge is -2.07. The van der Waals surface area contributed by atoms with Crippen molar-refractivity contribution in [3.8, 4) is 0 Å². The lowest BCUT2D eigenvalue weighted by molar-refractivity contribution is 0.0948. The number of nitrogens with zero attached hydrogens (tertiary/aromatic N) is 2. The van der Waals surface area contributed by atoms with Crippen molar-refractivity contribution in [2.45, 2.75) is 19.9 Å². The summed E-state index contributed by atoms with van der Waals surface area (Å²) in [5.74, 6) is -0.204. The van der Waals surface area contributed by atoms with Gasteiger partial charge in [-0.15, -0.1) is 0 Å². The number of carbonyl (C=O) groups is 1. The molecule has 1 rings (SSSR count). The van der Waals surface area contributed by atoms with Crippen LogP contribution in [0.25, 0.3) is 0 Å². The zero-order valence-electron chi connectivity index (χ0n) is 8.37. The van der Waals surface area contributed by atoms with Crippen LogP contribution in [0.1, 0.15) is 24.3 Å². The second kappa shape index (κ2) is 5.33. The Bertz CT molecular complexity index is 269. The highest BCUT2D eigenvalue weighted by molar-refractivity contribution is 5.91. The molecule has 1 aromatic rings. The maximum Gasteiger partial charge on any atom is 0.273 e. The molecule has 6 nitrogen and oxygen atoms in total. The van der Waals surface area contributed by atoms with Gasteiger partial charge in [-0.05, 0) is 0 Å². The fraction of sp³-hybridized carbons (Fsp3) is 0.625. The highest BCUT2D eigenvalue weighted by Gasteiger charge is 2.06. The number of carbonyl (C=O) groups excluding carboxylic acids is 1. The van der Waals surface area contributed by atoms with Crippen molar-refractivity contribution in [3.05, 3.63) is 11.9 Å². The van der Waals surface area contributed by atoms with Gasteiger partial charge in [0.15, 0.2) is 5.69 Å². The van der Waals surface area contributed by atoms with Crippen LogP contribution in [0, 0.1) is 0 Å². The van der Waals surface area contributed by atoms with Crippen LogP contribution in [0.3, 0.4) is 0 Å². The molecule has 0 radical (unpaired) electrons. The van der Waals surface area contributed by atoms with Crippen LogP contribution in [0.4, 0.5) is 0 Å². The summed E-state index contributed by atoms with van der Waals surface area (Å²) in [7, 11) is 0. The smallest absolute Gasteiger partial charge is 0.273 e. The van der Waals surface area contributed by atoms with Crippen LogP contribution in [-0.2, 0) is 0 Å². The molecule has 3 N–H and O–H groups in total. The average molecular weight is 197 g/mol. The molecule has 0 aliphatic rings. The van der Waals surface area contributed by atoms with Gasteiger partial charge in [0.05, 0.1) is 6.20 Å². The Morgan fingerprint density at radius 3 is 2.93 bits per heavy atom. The van der Waals surface area contributed by atoms with Crippen molar-refractivity contribution in [2.75, 3.05) is 13.1 Å². The van der Waals surface area contributed by atoms with Crippen molar-refractivity contribution in [1.82, 2.24) is 26.0 Å². The van der Waals surface area contributed by atoms with Crippen molar-refractivity contribution in [1.29, 1.82) is 0 Å². The molecule has 0 saturated carbocycles. The molecule has 14 heavy (non-hydrogen) atoms. The number of nitrogens with one attached hydrogen (secondary N) is 3. The first-order valence-electron chi connectivity index (χ1n) is 4.57.